The summed E-state index contributed by atoms with van der Waals surface area (Å²) in [5.41, 5.74) is 4.15. The molecule has 1 aliphatic carbocycles. The molecule has 1 fully saturated rings. The second-order valence-electron chi connectivity index (χ2n) is 10.9. The van der Waals surface area contributed by atoms with Crippen LogP contribution in [0.5, 0.6) is 11.5 Å². The molecule has 0 radical (unpaired) electrons. The van der Waals surface area contributed by atoms with Crippen LogP contribution in [0.25, 0.3) is 11.1 Å². The average molecular weight is 491 g/mol. The Morgan fingerprint density at radius 2 is 1.81 bits per heavy atom. The zero-order valence-corrected chi connectivity index (χ0v) is 21.7. The fourth-order valence-corrected chi connectivity index (χ4v) is 4.99. The van der Waals surface area contributed by atoms with Crippen LogP contribution in [-0.4, -0.2) is 18.2 Å². The lowest BCUT2D eigenvalue weighted by molar-refractivity contribution is -0.137. The van der Waals surface area contributed by atoms with E-state index in [1.165, 1.54) is 6.07 Å². The topological polar surface area (TPSA) is 55.8 Å². The largest absolute Gasteiger partial charge is 0.497 e. The van der Waals surface area contributed by atoms with Crippen LogP contribution in [0, 0.1) is 17.7 Å². The van der Waals surface area contributed by atoms with E-state index >= 15 is 0 Å². The first kappa shape index (κ1) is 25.7. The molecule has 36 heavy (non-hydrogen) atoms. The molecule has 3 aromatic carbocycles. The summed E-state index contributed by atoms with van der Waals surface area (Å²) >= 11 is 0. The standard InChI is InChI=1S/C31H35FO4/c1-19-13-25(19)26(17-30(33)34)21-7-6-8-23(15-21)36-18-20-9-11-24(28(14-20)31(2,3)4)27-16-22(35-5)10-12-29(27)32/h6-12,14-16,19,25-26H,13,17-18H2,1-5H3,(H,33,34)/t19-,25-,26+/m1/s1. The zero-order valence-electron chi connectivity index (χ0n) is 21.7. The van der Waals surface area contributed by atoms with Gasteiger partial charge in [0.15, 0.2) is 0 Å². The molecule has 0 aromatic heterocycles. The lowest BCUT2D eigenvalue weighted by Gasteiger charge is -2.25. The molecule has 0 spiro atoms. The molecule has 3 atom stereocenters. The summed E-state index contributed by atoms with van der Waals surface area (Å²) in [6.07, 6.45) is 1.20. The van der Waals surface area contributed by atoms with E-state index in [-0.39, 0.29) is 23.6 Å². The highest BCUT2D eigenvalue weighted by Gasteiger charge is 2.41. The summed E-state index contributed by atoms with van der Waals surface area (Å²) in [6.45, 7) is 8.86. The van der Waals surface area contributed by atoms with Crippen molar-refractivity contribution >= 4 is 5.97 Å². The minimum Gasteiger partial charge on any atom is -0.497 e. The van der Waals surface area contributed by atoms with Crippen LogP contribution in [0.1, 0.15) is 63.1 Å². The highest BCUT2D eigenvalue weighted by atomic mass is 19.1. The normalized spacial score (nSPS) is 17.9. The number of hydrogen-bond donors (Lipinski definition) is 1. The quantitative estimate of drug-likeness (QED) is 0.336. The van der Waals surface area contributed by atoms with Crippen molar-refractivity contribution in [2.45, 2.75) is 58.5 Å². The number of carbonyl (C=O) groups is 1. The molecule has 3 aromatic rings. The predicted molar refractivity (Wildman–Crippen MR) is 140 cm³/mol. The minimum absolute atomic E-state index is 0.00517. The number of hydrogen-bond acceptors (Lipinski definition) is 3. The second kappa shape index (κ2) is 10.3. The van der Waals surface area contributed by atoms with Gasteiger partial charge in [-0.1, -0.05) is 58.0 Å². The third kappa shape index (κ3) is 5.89. The molecule has 4 rings (SSSR count). The first-order valence-corrected chi connectivity index (χ1v) is 12.5. The molecular weight excluding hydrogens is 455 g/mol. The van der Waals surface area contributed by atoms with E-state index in [0.717, 1.165) is 34.4 Å². The number of halogens is 1. The highest BCUT2D eigenvalue weighted by molar-refractivity contribution is 5.71. The van der Waals surface area contributed by atoms with E-state index in [0.29, 0.717) is 29.8 Å². The molecule has 1 N–H and O–H groups in total. The summed E-state index contributed by atoms with van der Waals surface area (Å²) < 4.78 is 26.2. The van der Waals surface area contributed by atoms with Gasteiger partial charge in [-0.2, -0.15) is 0 Å². The molecule has 1 aliphatic rings. The molecular formula is C31H35FO4. The van der Waals surface area contributed by atoms with Crippen LogP contribution >= 0.6 is 0 Å². The molecule has 0 amide bonds. The van der Waals surface area contributed by atoms with Crippen LogP contribution in [0.3, 0.4) is 0 Å². The number of ether oxygens (including phenoxy) is 2. The van der Waals surface area contributed by atoms with Crippen LogP contribution < -0.4 is 9.47 Å². The van der Waals surface area contributed by atoms with Gasteiger partial charge in [0.25, 0.3) is 0 Å². The average Bonchev–Trinajstić information content (AvgIpc) is 3.57. The molecule has 1 saturated carbocycles. The highest BCUT2D eigenvalue weighted by Crippen LogP contribution is 2.50. The number of rotatable bonds is 9. The van der Waals surface area contributed by atoms with Gasteiger partial charge < -0.3 is 14.6 Å². The van der Waals surface area contributed by atoms with Crippen molar-refractivity contribution in [2.24, 2.45) is 11.8 Å². The summed E-state index contributed by atoms with van der Waals surface area (Å²) in [5, 5.41) is 9.41. The van der Waals surface area contributed by atoms with Crippen LogP contribution in [-0.2, 0) is 16.8 Å². The van der Waals surface area contributed by atoms with E-state index in [1.54, 1.807) is 19.2 Å². The minimum atomic E-state index is -0.771. The van der Waals surface area contributed by atoms with Crippen LogP contribution in [0.15, 0.2) is 60.7 Å². The molecule has 5 heteroatoms. The molecule has 190 valence electrons. The first-order chi connectivity index (χ1) is 17.1. The van der Waals surface area contributed by atoms with Gasteiger partial charge >= 0.3 is 5.97 Å². The Hall–Kier alpha value is -3.34. The Morgan fingerprint density at radius 3 is 2.44 bits per heavy atom. The smallest absolute Gasteiger partial charge is 0.303 e. The summed E-state index contributed by atoms with van der Waals surface area (Å²) in [4.78, 5) is 11.5. The maximum absolute atomic E-state index is 14.8. The number of carboxylic acid groups (broad SMARTS) is 1. The Balaban J connectivity index is 1.58. The van der Waals surface area contributed by atoms with Crippen molar-refractivity contribution in [1.82, 2.24) is 0 Å². The van der Waals surface area contributed by atoms with Gasteiger partial charge in [-0.25, -0.2) is 4.39 Å². The fourth-order valence-electron chi connectivity index (χ4n) is 4.99. The zero-order chi connectivity index (χ0) is 26.0. The lowest BCUT2D eigenvalue weighted by Crippen LogP contribution is -2.14. The molecule has 0 heterocycles. The SMILES string of the molecule is COc1ccc(F)c(-c2ccc(COc3cccc([C@H](CC(=O)O)[C@@H]4C[C@H]4C)c3)cc2C(C)(C)C)c1. The Kier molecular flexibility index (Phi) is 7.39. The summed E-state index contributed by atoms with van der Waals surface area (Å²) in [7, 11) is 1.58. The summed E-state index contributed by atoms with van der Waals surface area (Å²) in [6, 6.07) is 18.6. The Labute approximate surface area is 213 Å². The van der Waals surface area contributed by atoms with Gasteiger partial charge in [0.1, 0.15) is 23.9 Å². The van der Waals surface area contributed by atoms with Crippen molar-refractivity contribution in [3.63, 3.8) is 0 Å². The number of benzene rings is 3. The lowest BCUT2D eigenvalue weighted by atomic mass is 9.81. The Bertz CT molecular complexity index is 1240. The van der Waals surface area contributed by atoms with E-state index in [2.05, 4.69) is 33.8 Å². The molecule has 0 unspecified atom stereocenters. The van der Waals surface area contributed by atoms with E-state index in [1.807, 2.05) is 36.4 Å². The third-order valence-corrected chi connectivity index (χ3v) is 7.13. The maximum atomic E-state index is 14.8. The third-order valence-electron chi connectivity index (χ3n) is 7.13. The van der Waals surface area contributed by atoms with Gasteiger partial charge in [-0.15, -0.1) is 0 Å². The number of aliphatic carboxylic acids is 1. The fraction of sp³-hybridized carbons (Fsp3) is 0.387. The van der Waals surface area contributed by atoms with Gasteiger partial charge in [-0.05, 0) is 82.2 Å². The van der Waals surface area contributed by atoms with Gasteiger partial charge in [0, 0.05) is 5.56 Å². The van der Waals surface area contributed by atoms with E-state index < -0.39 is 5.97 Å². The van der Waals surface area contributed by atoms with Crippen molar-refractivity contribution in [2.75, 3.05) is 7.11 Å². The first-order valence-electron chi connectivity index (χ1n) is 12.5. The van der Waals surface area contributed by atoms with E-state index in [9.17, 15) is 14.3 Å². The molecule has 4 nitrogen and oxygen atoms in total. The predicted octanol–water partition coefficient (Wildman–Crippen LogP) is 7.59. The Morgan fingerprint density at radius 1 is 1.06 bits per heavy atom. The number of methoxy groups -OCH3 is 1. The monoisotopic (exact) mass is 490 g/mol. The van der Waals surface area contributed by atoms with Crippen molar-refractivity contribution in [3.8, 4) is 22.6 Å². The molecule has 0 bridgehead atoms. The van der Waals surface area contributed by atoms with Gasteiger partial charge in [-0.3, -0.25) is 4.79 Å². The van der Waals surface area contributed by atoms with Crippen molar-refractivity contribution < 1.29 is 23.8 Å². The maximum Gasteiger partial charge on any atom is 0.303 e. The van der Waals surface area contributed by atoms with Crippen LogP contribution in [0.2, 0.25) is 0 Å². The van der Waals surface area contributed by atoms with Crippen molar-refractivity contribution in [1.29, 1.82) is 0 Å². The second-order valence-corrected chi connectivity index (χ2v) is 10.9. The molecule has 0 saturated heterocycles. The van der Waals surface area contributed by atoms with Gasteiger partial charge in [0.05, 0.1) is 13.5 Å². The van der Waals surface area contributed by atoms with E-state index in [4.69, 9.17) is 9.47 Å². The molecule has 0 aliphatic heterocycles. The van der Waals surface area contributed by atoms with Crippen LogP contribution in [0.4, 0.5) is 4.39 Å². The van der Waals surface area contributed by atoms with Gasteiger partial charge in [0.2, 0.25) is 0 Å². The summed E-state index contributed by atoms with van der Waals surface area (Å²) in [5.74, 6) is 1.25. The van der Waals surface area contributed by atoms with Crippen molar-refractivity contribution in [3.05, 3.63) is 83.2 Å². The number of carboxylic acids is 1.